The third kappa shape index (κ3) is 4.88. The molecule has 0 amide bonds. The van der Waals surface area contributed by atoms with Crippen LogP contribution in [0.5, 0.6) is 0 Å². The van der Waals surface area contributed by atoms with Crippen LogP contribution in [-0.2, 0) is 0 Å². The Hall–Kier alpha value is -1.27. The number of quaternary nitrogens is 1. The van der Waals surface area contributed by atoms with Crippen molar-refractivity contribution in [3.8, 4) is 0 Å². The minimum Gasteiger partial charge on any atom is -0.463 e. The predicted octanol–water partition coefficient (Wildman–Crippen LogP) is 2.76. The van der Waals surface area contributed by atoms with Crippen molar-refractivity contribution < 1.29 is 9.32 Å². The Kier molecular flexibility index (Phi) is 6.08. The molecule has 1 atom stereocenters. The highest BCUT2D eigenvalue weighted by molar-refractivity contribution is 7.80. The lowest BCUT2D eigenvalue weighted by molar-refractivity contribution is -0.891. The second-order valence-electron chi connectivity index (χ2n) is 5.14. The van der Waals surface area contributed by atoms with Gasteiger partial charge in [0.15, 0.2) is 16.9 Å². The summed E-state index contributed by atoms with van der Waals surface area (Å²) in [5.41, 5.74) is 0.752. The molecule has 0 bridgehead atoms. The van der Waals surface area contributed by atoms with E-state index in [1.54, 1.807) is 24.5 Å². The fourth-order valence-electron chi connectivity index (χ4n) is 2.07. The van der Waals surface area contributed by atoms with Crippen molar-refractivity contribution in [2.75, 3.05) is 26.0 Å². The monoisotopic (exact) mass is 358 g/mol. The molecule has 0 spiro atoms. The number of likely N-dealkylation sites (N-methyl/N-ethyl adjacent to an activating group) is 1. The van der Waals surface area contributed by atoms with Crippen LogP contribution in [0.2, 0.25) is 10.0 Å². The fourth-order valence-corrected chi connectivity index (χ4v) is 2.80. The van der Waals surface area contributed by atoms with Gasteiger partial charge in [0.05, 0.1) is 26.9 Å². The zero-order chi connectivity index (χ0) is 16.1. The van der Waals surface area contributed by atoms with E-state index in [4.69, 9.17) is 39.8 Å². The number of thiocarbonyl (C=S) groups is 1. The molecule has 118 valence electrons. The standard InChI is InChI=1S/C15H17Cl2N3OS/c1-20(2)13(14-4-3-5-21-14)9-18-15(22)19-12-7-10(16)6-11(17)8-12/h3-8,13H,9H2,1-2H3,(H2,18,19,22)/p+1/t13-/m0/s1. The molecule has 3 N–H and O–H groups in total. The van der Waals surface area contributed by atoms with E-state index in [-0.39, 0.29) is 6.04 Å². The number of nitrogens with one attached hydrogen (secondary N) is 3. The summed E-state index contributed by atoms with van der Waals surface area (Å²) in [6.07, 6.45) is 1.68. The minimum absolute atomic E-state index is 0.165. The molecule has 1 heterocycles. The van der Waals surface area contributed by atoms with Crippen LogP contribution in [0.3, 0.4) is 0 Å². The summed E-state index contributed by atoms with van der Waals surface area (Å²) in [4.78, 5) is 1.25. The minimum atomic E-state index is 0.165. The zero-order valence-corrected chi connectivity index (χ0v) is 14.6. The Morgan fingerprint density at radius 1 is 1.27 bits per heavy atom. The largest absolute Gasteiger partial charge is 0.463 e. The highest BCUT2D eigenvalue weighted by atomic mass is 35.5. The van der Waals surface area contributed by atoms with Gasteiger partial charge in [0.2, 0.25) is 0 Å². The van der Waals surface area contributed by atoms with Gasteiger partial charge in [-0.15, -0.1) is 0 Å². The van der Waals surface area contributed by atoms with E-state index in [0.717, 1.165) is 11.4 Å². The summed E-state index contributed by atoms with van der Waals surface area (Å²) >= 11 is 17.2. The molecular formula is C15H18Cl2N3OS+. The molecule has 7 heteroatoms. The molecule has 1 aromatic heterocycles. The summed E-state index contributed by atoms with van der Waals surface area (Å²) in [5, 5.41) is 7.90. The van der Waals surface area contributed by atoms with Crippen molar-refractivity contribution >= 4 is 46.2 Å². The Balaban J connectivity index is 1.94. The molecular weight excluding hydrogens is 341 g/mol. The van der Waals surface area contributed by atoms with Crippen LogP contribution in [-0.4, -0.2) is 25.8 Å². The number of furan rings is 1. The lowest BCUT2D eigenvalue weighted by atomic mass is 10.2. The van der Waals surface area contributed by atoms with Gasteiger partial charge in [-0.3, -0.25) is 0 Å². The first kappa shape index (κ1) is 17.1. The number of hydrogen-bond acceptors (Lipinski definition) is 2. The van der Waals surface area contributed by atoms with E-state index < -0.39 is 0 Å². The summed E-state index contributed by atoms with van der Waals surface area (Å²) in [5.74, 6) is 0.918. The summed E-state index contributed by atoms with van der Waals surface area (Å²) in [6, 6.07) is 9.22. The molecule has 0 unspecified atom stereocenters. The van der Waals surface area contributed by atoms with E-state index in [1.807, 2.05) is 12.1 Å². The molecule has 2 rings (SSSR count). The van der Waals surface area contributed by atoms with Crippen LogP contribution in [0.25, 0.3) is 0 Å². The topological polar surface area (TPSA) is 41.6 Å². The summed E-state index contributed by atoms with van der Waals surface area (Å²) in [7, 11) is 4.14. The smallest absolute Gasteiger partial charge is 0.171 e. The zero-order valence-electron chi connectivity index (χ0n) is 12.3. The quantitative estimate of drug-likeness (QED) is 0.719. The molecule has 0 saturated carbocycles. The highest BCUT2D eigenvalue weighted by Gasteiger charge is 2.20. The van der Waals surface area contributed by atoms with Gasteiger partial charge < -0.3 is 20.0 Å². The first-order valence-corrected chi connectivity index (χ1v) is 7.96. The Bertz CT molecular complexity index is 611. The van der Waals surface area contributed by atoms with Gasteiger partial charge >= 0.3 is 0 Å². The van der Waals surface area contributed by atoms with E-state index >= 15 is 0 Å². The van der Waals surface area contributed by atoms with Crippen LogP contribution in [0.15, 0.2) is 41.0 Å². The van der Waals surface area contributed by atoms with Gasteiger partial charge in [-0.1, -0.05) is 23.2 Å². The molecule has 0 fully saturated rings. The maximum atomic E-state index is 5.97. The van der Waals surface area contributed by atoms with Gasteiger partial charge in [0.1, 0.15) is 0 Å². The number of halogens is 2. The van der Waals surface area contributed by atoms with Crippen molar-refractivity contribution in [3.63, 3.8) is 0 Å². The van der Waals surface area contributed by atoms with Crippen molar-refractivity contribution in [1.82, 2.24) is 5.32 Å². The van der Waals surface area contributed by atoms with E-state index in [2.05, 4.69) is 24.7 Å². The van der Waals surface area contributed by atoms with Crippen LogP contribution in [0.4, 0.5) is 5.69 Å². The van der Waals surface area contributed by atoms with Crippen molar-refractivity contribution in [2.24, 2.45) is 0 Å². The van der Waals surface area contributed by atoms with Gasteiger partial charge in [-0.05, 0) is 42.5 Å². The molecule has 4 nitrogen and oxygen atoms in total. The molecule has 0 aliphatic carbocycles. The van der Waals surface area contributed by atoms with Crippen molar-refractivity contribution in [3.05, 3.63) is 52.4 Å². The molecule has 2 aromatic rings. The SMILES string of the molecule is C[NH+](C)[C@@H](CNC(=S)Nc1cc(Cl)cc(Cl)c1)c1ccco1. The molecule has 22 heavy (non-hydrogen) atoms. The summed E-state index contributed by atoms with van der Waals surface area (Å²) in [6.45, 7) is 0.649. The van der Waals surface area contributed by atoms with Crippen LogP contribution in [0.1, 0.15) is 11.8 Å². The third-order valence-electron chi connectivity index (χ3n) is 3.17. The maximum absolute atomic E-state index is 5.97. The first-order chi connectivity index (χ1) is 10.5. The average Bonchev–Trinajstić information content (AvgIpc) is 2.91. The lowest BCUT2D eigenvalue weighted by Crippen LogP contribution is -3.07. The van der Waals surface area contributed by atoms with E-state index in [0.29, 0.717) is 21.7 Å². The third-order valence-corrected chi connectivity index (χ3v) is 3.85. The second-order valence-corrected chi connectivity index (χ2v) is 6.42. The Morgan fingerprint density at radius 3 is 2.50 bits per heavy atom. The van der Waals surface area contributed by atoms with E-state index in [1.165, 1.54) is 4.90 Å². The van der Waals surface area contributed by atoms with Crippen molar-refractivity contribution in [1.29, 1.82) is 0 Å². The normalized spacial score (nSPS) is 12.2. The van der Waals surface area contributed by atoms with Crippen LogP contribution >= 0.6 is 35.4 Å². The number of benzene rings is 1. The van der Waals surface area contributed by atoms with E-state index in [9.17, 15) is 0 Å². The molecule has 0 aliphatic heterocycles. The number of hydrogen-bond donors (Lipinski definition) is 3. The van der Waals surface area contributed by atoms with Crippen molar-refractivity contribution in [2.45, 2.75) is 6.04 Å². The van der Waals surface area contributed by atoms with Gasteiger partial charge in [0, 0.05) is 15.7 Å². The lowest BCUT2D eigenvalue weighted by Gasteiger charge is -2.21. The van der Waals surface area contributed by atoms with Crippen LogP contribution < -0.4 is 15.5 Å². The predicted molar refractivity (Wildman–Crippen MR) is 94.9 cm³/mol. The first-order valence-electron chi connectivity index (χ1n) is 6.80. The Labute approximate surface area is 145 Å². The maximum Gasteiger partial charge on any atom is 0.171 e. The Morgan fingerprint density at radius 2 is 1.95 bits per heavy atom. The highest BCUT2D eigenvalue weighted by Crippen LogP contribution is 2.22. The van der Waals surface area contributed by atoms with Gasteiger partial charge in [0.25, 0.3) is 0 Å². The van der Waals surface area contributed by atoms with Crippen LogP contribution in [0, 0.1) is 0 Å². The van der Waals surface area contributed by atoms with Gasteiger partial charge in [-0.25, -0.2) is 0 Å². The molecule has 1 aromatic carbocycles. The molecule has 0 radical (unpaired) electrons. The number of rotatable bonds is 5. The second kappa shape index (κ2) is 7.83. The summed E-state index contributed by atoms with van der Waals surface area (Å²) < 4.78 is 5.48. The fraction of sp³-hybridized carbons (Fsp3) is 0.267. The average molecular weight is 359 g/mol. The number of anilines is 1. The molecule has 0 aliphatic rings. The molecule has 0 saturated heterocycles. The van der Waals surface area contributed by atoms with Gasteiger partial charge in [-0.2, -0.15) is 0 Å².